The van der Waals surface area contributed by atoms with Crippen molar-refractivity contribution in [3.63, 3.8) is 0 Å². The number of ether oxygens (including phenoxy) is 1. The van der Waals surface area contributed by atoms with E-state index in [4.69, 9.17) is 21.4 Å². The van der Waals surface area contributed by atoms with Gasteiger partial charge >= 0.3 is 5.97 Å². The molecular weight excluding hydrogens is 358 g/mol. The number of hydrogen-bond donors (Lipinski definition) is 3. The van der Waals surface area contributed by atoms with Gasteiger partial charge in [0, 0.05) is 34.0 Å². The number of carbonyl (C=O) groups is 2. The largest absolute Gasteiger partial charge is 0.482 e. The number of anilines is 1. The van der Waals surface area contributed by atoms with E-state index in [1.54, 1.807) is 24.4 Å². The molecule has 1 unspecified atom stereocenters. The number of aliphatic carboxylic acids is 1. The number of aromatic nitrogens is 2. The van der Waals surface area contributed by atoms with Crippen LogP contribution in [-0.2, 0) is 9.59 Å². The number of fused-ring (bicyclic) bond motifs is 2. The Balaban J connectivity index is 1.84. The van der Waals surface area contributed by atoms with Crippen LogP contribution in [0.3, 0.4) is 0 Å². The number of hydrogen-bond acceptors (Lipinski definition) is 4. The summed E-state index contributed by atoms with van der Waals surface area (Å²) in [6.45, 7) is -0.471. The van der Waals surface area contributed by atoms with Crippen molar-refractivity contribution >= 4 is 40.1 Å². The molecule has 0 fully saturated rings. The molecule has 0 spiro atoms. The van der Waals surface area contributed by atoms with Gasteiger partial charge in [-0.3, -0.25) is 9.89 Å². The van der Waals surface area contributed by atoms with Crippen LogP contribution < -0.4 is 10.1 Å². The van der Waals surface area contributed by atoms with Gasteiger partial charge in [-0.25, -0.2) is 4.79 Å². The Hall–Kier alpha value is -3.06. The van der Waals surface area contributed by atoms with Crippen molar-refractivity contribution in [1.82, 2.24) is 10.2 Å². The summed E-state index contributed by atoms with van der Waals surface area (Å²) in [5, 5.41) is 20.1. The van der Waals surface area contributed by atoms with Gasteiger partial charge in [0.05, 0.1) is 11.7 Å². The highest BCUT2D eigenvalue weighted by Gasteiger charge is 2.29. The van der Waals surface area contributed by atoms with Crippen molar-refractivity contribution in [2.24, 2.45) is 0 Å². The van der Waals surface area contributed by atoms with E-state index in [0.29, 0.717) is 22.0 Å². The Kier molecular flexibility index (Phi) is 4.00. The van der Waals surface area contributed by atoms with Gasteiger partial charge in [-0.05, 0) is 35.9 Å². The second kappa shape index (κ2) is 6.34. The topological polar surface area (TPSA) is 104 Å². The molecule has 4 rings (SSSR count). The number of carboxylic acid groups (broad SMARTS) is 1. The predicted molar refractivity (Wildman–Crippen MR) is 95.8 cm³/mol. The van der Waals surface area contributed by atoms with E-state index in [1.807, 2.05) is 12.1 Å². The minimum Gasteiger partial charge on any atom is -0.482 e. The fraction of sp³-hybridized carbons (Fsp3) is 0.167. The van der Waals surface area contributed by atoms with Crippen molar-refractivity contribution in [3.8, 4) is 5.75 Å². The highest BCUT2D eigenvalue weighted by molar-refractivity contribution is 6.30. The average molecular weight is 372 g/mol. The molecule has 2 aromatic carbocycles. The average Bonchev–Trinajstić information content (AvgIpc) is 3.05. The summed E-state index contributed by atoms with van der Waals surface area (Å²) in [5.41, 5.74) is 3.09. The molecular formula is C18H14ClN3O4. The zero-order valence-corrected chi connectivity index (χ0v) is 14.2. The SMILES string of the molecule is O=C(O)COc1ccc(Cl)cc1C1CC(=O)Nc2cc3[nH]ncc3cc21. The highest BCUT2D eigenvalue weighted by atomic mass is 35.5. The summed E-state index contributed by atoms with van der Waals surface area (Å²) in [6.07, 6.45) is 1.92. The van der Waals surface area contributed by atoms with Gasteiger partial charge in [0.25, 0.3) is 0 Å². The van der Waals surface area contributed by atoms with Gasteiger partial charge in [-0.1, -0.05) is 11.6 Å². The smallest absolute Gasteiger partial charge is 0.341 e. The molecule has 1 aliphatic heterocycles. The van der Waals surface area contributed by atoms with E-state index in [1.165, 1.54) is 0 Å². The number of aromatic amines is 1. The highest BCUT2D eigenvalue weighted by Crippen LogP contribution is 2.42. The summed E-state index contributed by atoms with van der Waals surface area (Å²) < 4.78 is 5.42. The van der Waals surface area contributed by atoms with Crippen LogP contribution in [0.1, 0.15) is 23.5 Å². The number of nitrogens with one attached hydrogen (secondary N) is 2. The first-order valence-electron chi connectivity index (χ1n) is 7.92. The van der Waals surface area contributed by atoms with Gasteiger partial charge in [-0.2, -0.15) is 5.10 Å². The molecule has 26 heavy (non-hydrogen) atoms. The Morgan fingerprint density at radius 1 is 1.31 bits per heavy atom. The van der Waals surface area contributed by atoms with Crippen LogP contribution in [0.2, 0.25) is 5.02 Å². The molecule has 1 amide bonds. The minimum atomic E-state index is -1.08. The lowest BCUT2D eigenvalue weighted by atomic mass is 9.84. The van der Waals surface area contributed by atoms with Gasteiger partial charge in [0.1, 0.15) is 5.75 Å². The van der Waals surface area contributed by atoms with Crippen molar-refractivity contribution in [2.75, 3.05) is 11.9 Å². The summed E-state index contributed by atoms with van der Waals surface area (Å²) >= 11 is 6.15. The maximum absolute atomic E-state index is 12.2. The standard InChI is InChI=1S/C18H14ClN3O4/c19-10-1-2-16(26-8-18(24)25)13(4-10)11-5-17(23)21-15-6-14-9(3-12(11)15)7-20-22-14/h1-4,6-7,11H,5,8H2,(H,20,22)(H,21,23)(H,24,25). The van der Waals surface area contributed by atoms with Crippen LogP contribution in [0, 0.1) is 0 Å². The molecule has 3 aromatic rings. The van der Waals surface area contributed by atoms with E-state index < -0.39 is 12.6 Å². The van der Waals surface area contributed by atoms with E-state index in [-0.39, 0.29) is 18.2 Å². The fourth-order valence-electron chi connectivity index (χ4n) is 3.24. The maximum atomic E-state index is 12.2. The number of carboxylic acids is 1. The quantitative estimate of drug-likeness (QED) is 0.653. The van der Waals surface area contributed by atoms with Gasteiger partial charge in [0.2, 0.25) is 5.91 Å². The fourth-order valence-corrected chi connectivity index (χ4v) is 3.42. The lowest BCUT2D eigenvalue weighted by Crippen LogP contribution is -2.24. The lowest BCUT2D eigenvalue weighted by Gasteiger charge is -2.27. The van der Waals surface area contributed by atoms with Crippen LogP contribution in [0.15, 0.2) is 36.5 Å². The molecule has 1 aromatic heterocycles. The lowest BCUT2D eigenvalue weighted by molar-refractivity contribution is -0.139. The Bertz CT molecular complexity index is 1030. The van der Waals surface area contributed by atoms with Crippen molar-refractivity contribution < 1.29 is 19.4 Å². The number of H-pyrrole nitrogens is 1. The summed E-state index contributed by atoms with van der Waals surface area (Å²) in [4.78, 5) is 23.1. The van der Waals surface area contributed by atoms with Crippen LogP contribution in [0.4, 0.5) is 5.69 Å². The number of benzene rings is 2. The minimum absolute atomic E-state index is 0.134. The Morgan fingerprint density at radius 2 is 2.15 bits per heavy atom. The molecule has 132 valence electrons. The summed E-state index contributed by atoms with van der Waals surface area (Å²) in [5.74, 6) is -1.12. The number of amides is 1. The first-order chi connectivity index (χ1) is 12.5. The molecule has 0 saturated carbocycles. The Morgan fingerprint density at radius 3 is 2.96 bits per heavy atom. The zero-order chi connectivity index (χ0) is 18.3. The maximum Gasteiger partial charge on any atom is 0.341 e. The first kappa shape index (κ1) is 16.4. The molecule has 0 radical (unpaired) electrons. The summed E-state index contributed by atoms with van der Waals surface area (Å²) in [7, 11) is 0. The number of halogens is 1. The third kappa shape index (κ3) is 2.97. The molecule has 3 N–H and O–H groups in total. The molecule has 0 bridgehead atoms. The number of nitrogens with zero attached hydrogens (tertiary/aromatic N) is 1. The van der Waals surface area contributed by atoms with Crippen LogP contribution in [-0.4, -0.2) is 33.8 Å². The number of carbonyl (C=O) groups excluding carboxylic acids is 1. The Labute approximate surface area is 152 Å². The van der Waals surface area contributed by atoms with Crippen LogP contribution in [0.25, 0.3) is 10.9 Å². The van der Waals surface area contributed by atoms with Gasteiger partial charge in [0.15, 0.2) is 6.61 Å². The van der Waals surface area contributed by atoms with Crippen LogP contribution in [0.5, 0.6) is 5.75 Å². The predicted octanol–water partition coefficient (Wildman–Crippen LogP) is 3.15. The van der Waals surface area contributed by atoms with E-state index >= 15 is 0 Å². The van der Waals surface area contributed by atoms with Crippen molar-refractivity contribution in [2.45, 2.75) is 12.3 Å². The monoisotopic (exact) mass is 371 g/mol. The molecule has 8 heteroatoms. The zero-order valence-electron chi connectivity index (χ0n) is 13.5. The summed E-state index contributed by atoms with van der Waals surface area (Å²) in [6, 6.07) is 8.77. The first-order valence-corrected chi connectivity index (χ1v) is 8.30. The van der Waals surface area contributed by atoms with E-state index in [0.717, 1.165) is 16.5 Å². The molecule has 0 aliphatic carbocycles. The second-order valence-corrected chi connectivity index (χ2v) is 6.50. The molecule has 2 heterocycles. The van der Waals surface area contributed by atoms with Crippen molar-refractivity contribution in [1.29, 1.82) is 0 Å². The van der Waals surface area contributed by atoms with Crippen molar-refractivity contribution in [3.05, 3.63) is 52.7 Å². The molecule has 0 saturated heterocycles. The van der Waals surface area contributed by atoms with E-state index in [9.17, 15) is 9.59 Å². The third-order valence-electron chi connectivity index (χ3n) is 4.35. The third-order valence-corrected chi connectivity index (χ3v) is 4.58. The number of rotatable bonds is 4. The van der Waals surface area contributed by atoms with Gasteiger partial charge in [-0.15, -0.1) is 0 Å². The normalized spacial score (nSPS) is 16.2. The molecule has 1 aliphatic rings. The second-order valence-electron chi connectivity index (χ2n) is 6.07. The van der Waals surface area contributed by atoms with Crippen LogP contribution >= 0.6 is 11.6 Å². The van der Waals surface area contributed by atoms with Gasteiger partial charge < -0.3 is 15.2 Å². The molecule has 7 nitrogen and oxygen atoms in total. The molecule has 1 atom stereocenters. The van der Waals surface area contributed by atoms with E-state index in [2.05, 4.69) is 15.5 Å².